The first-order chi connectivity index (χ1) is 8.97. The molecule has 0 aliphatic heterocycles. The van der Waals surface area contributed by atoms with Crippen molar-refractivity contribution < 1.29 is 13.2 Å². The highest BCUT2D eigenvalue weighted by molar-refractivity contribution is 7.89. The van der Waals surface area contributed by atoms with Crippen molar-refractivity contribution in [1.29, 1.82) is 0 Å². The number of nitrogens with one attached hydrogen (secondary N) is 2. The fourth-order valence-electron chi connectivity index (χ4n) is 2.09. The second-order valence-corrected chi connectivity index (χ2v) is 6.27. The summed E-state index contributed by atoms with van der Waals surface area (Å²) in [4.78, 5) is 6.76. The van der Waals surface area contributed by atoms with Crippen molar-refractivity contribution >= 4 is 10.0 Å². The summed E-state index contributed by atoms with van der Waals surface area (Å²) in [7, 11) is -3.62. The molecule has 3 unspecified atom stereocenters. The summed E-state index contributed by atoms with van der Waals surface area (Å²) in [5, 5.41) is 0.0682. The monoisotopic (exact) mass is 288 g/mol. The van der Waals surface area contributed by atoms with Crippen LogP contribution in [0.25, 0.3) is 0 Å². The van der Waals surface area contributed by atoms with E-state index in [4.69, 9.17) is 10.5 Å². The molecule has 0 saturated heterocycles. The molecule has 0 bridgehead atoms. The van der Waals surface area contributed by atoms with E-state index < -0.39 is 10.0 Å². The van der Waals surface area contributed by atoms with Crippen LogP contribution in [0.1, 0.15) is 26.1 Å². The Hall–Kier alpha value is -0.960. The molecular weight excluding hydrogens is 268 g/mol. The normalized spacial score (nSPS) is 27.2. The second kappa shape index (κ2) is 5.58. The zero-order valence-corrected chi connectivity index (χ0v) is 11.9. The van der Waals surface area contributed by atoms with Crippen LogP contribution >= 0.6 is 0 Å². The molecule has 7 nitrogen and oxygen atoms in total. The quantitative estimate of drug-likeness (QED) is 0.669. The van der Waals surface area contributed by atoms with Gasteiger partial charge in [0.2, 0.25) is 0 Å². The number of nitrogens with two attached hydrogens (primary N) is 1. The summed E-state index contributed by atoms with van der Waals surface area (Å²) >= 11 is 0. The lowest BCUT2D eigenvalue weighted by atomic mass is 9.84. The van der Waals surface area contributed by atoms with Crippen LogP contribution in [-0.2, 0) is 21.2 Å². The number of hydrogen-bond acceptors (Lipinski definition) is 5. The Morgan fingerprint density at radius 3 is 2.84 bits per heavy atom. The average molecular weight is 288 g/mol. The van der Waals surface area contributed by atoms with Crippen LogP contribution in [-0.4, -0.2) is 43.2 Å². The molecule has 1 aromatic heterocycles. The van der Waals surface area contributed by atoms with Crippen LogP contribution in [0, 0.1) is 0 Å². The van der Waals surface area contributed by atoms with Gasteiger partial charge >= 0.3 is 0 Å². The lowest BCUT2D eigenvalue weighted by Gasteiger charge is -2.41. The summed E-state index contributed by atoms with van der Waals surface area (Å²) in [5.41, 5.74) is 5.83. The van der Waals surface area contributed by atoms with E-state index >= 15 is 0 Å². The van der Waals surface area contributed by atoms with Crippen LogP contribution < -0.4 is 10.5 Å². The highest BCUT2D eigenvalue weighted by Gasteiger charge is 2.42. The number of aryl methyl sites for hydroxylation is 1. The van der Waals surface area contributed by atoms with Gasteiger partial charge in [-0.1, -0.05) is 6.92 Å². The fourth-order valence-corrected chi connectivity index (χ4v) is 3.35. The molecule has 1 heterocycles. The first-order valence-electron chi connectivity index (χ1n) is 6.41. The summed E-state index contributed by atoms with van der Waals surface area (Å²) in [6.45, 7) is 4.31. The largest absolute Gasteiger partial charge is 0.377 e. The molecule has 0 spiro atoms. The van der Waals surface area contributed by atoms with Gasteiger partial charge in [-0.25, -0.2) is 18.1 Å². The fraction of sp³-hybridized carbons (Fsp3) is 0.727. The van der Waals surface area contributed by atoms with Gasteiger partial charge in [0.15, 0.2) is 5.03 Å². The number of ether oxygens (including phenoxy) is 1. The molecule has 0 aromatic carbocycles. The summed E-state index contributed by atoms with van der Waals surface area (Å²) in [5.74, 6) is 0.639. The highest BCUT2D eigenvalue weighted by Crippen LogP contribution is 2.24. The Bertz CT molecular complexity index is 526. The van der Waals surface area contributed by atoms with Crippen molar-refractivity contribution in [2.75, 3.05) is 6.61 Å². The van der Waals surface area contributed by atoms with Gasteiger partial charge in [0.05, 0.1) is 18.3 Å². The lowest BCUT2D eigenvalue weighted by molar-refractivity contribution is -0.0248. The predicted molar refractivity (Wildman–Crippen MR) is 70.1 cm³/mol. The van der Waals surface area contributed by atoms with E-state index in [9.17, 15) is 8.42 Å². The molecule has 19 heavy (non-hydrogen) atoms. The molecule has 2 rings (SSSR count). The smallest absolute Gasteiger partial charge is 0.258 e. The van der Waals surface area contributed by atoms with Crippen molar-refractivity contribution in [3.8, 4) is 0 Å². The minimum atomic E-state index is -3.62. The molecule has 1 aliphatic rings. The van der Waals surface area contributed by atoms with Crippen molar-refractivity contribution in [3.63, 3.8) is 0 Å². The number of nitrogens with zero attached hydrogens (tertiary/aromatic N) is 1. The van der Waals surface area contributed by atoms with Crippen molar-refractivity contribution in [2.45, 2.75) is 49.9 Å². The second-order valence-electron chi connectivity index (χ2n) is 4.59. The summed E-state index contributed by atoms with van der Waals surface area (Å²) in [6, 6.07) is -0.585. The third kappa shape index (κ3) is 2.97. The number of sulfonamides is 1. The van der Waals surface area contributed by atoms with Crippen molar-refractivity contribution in [1.82, 2.24) is 14.7 Å². The molecule has 8 heteroatoms. The minimum absolute atomic E-state index is 0.0682. The van der Waals surface area contributed by atoms with Crippen LogP contribution in [0.4, 0.5) is 0 Å². The van der Waals surface area contributed by atoms with Gasteiger partial charge < -0.3 is 15.5 Å². The topological polar surface area (TPSA) is 110 Å². The zero-order valence-electron chi connectivity index (χ0n) is 11.1. The van der Waals surface area contributed by atoms with E-state index in [0.717, 1.165) is 0 Å². The maximum absolute atomic E-state index is 12.2. The summed E-state index contributed by atoms with van der Waals surface area (Å²) < 4.78 is 32.4. The van der Waals surface area contributed by atoms with Crippen molar-refractivity contribution in [2.24, 2.45) is 5.73 Å². The average Bonchev–Trinajstić information content (AvgIpc) is 2.86. The molecule has 0 amide bonds. The van der Waals surface area contributed by atoms with Crippen molar-refractivity contribution in [3.05, 3.63) is 12.0 Å². The van der Waals surface area contributed by atoms with E-state index in [1.165, 1.54) is 6.20 Å². The number of H-pyrrole nitrogens is 1. The SMILES string of the molecule is CCOC1CC(N)C1NS(=O)(=O)c1cnc(CC)[nH]1. The van der Waals surface area contributed by atoms with Crippen LogP contribution in [0.15, 0.2) is 11.2 Å². The molecule has 1 fully saturated rings. The first kappa shape index (κ1) is 14.4. The molecule has 3 atom stereocenters. The number of aromatic nitrogens is 2. The first-order valence-corrected chi connectivity index (χ1v) is 7.89. The van der Waals surface area contributed by atoms with E-state index in [1.807, 2.05) is 13.8 Å². The predicted octanol–water partition coefficient (Wildman–Crippen LogP) is -0.245. The van der Waals surface area contributed by atoms with E-state index in [-0.39, 0.29) is 23.2 Å². The summed E-state index contributed by atoms with van der Waals surface area (Å²) in [6.07, 6.45) is 2.49. The van der Waals surface area contributed by atoms with Gasteiger partial charge in [0.1, 0.15) is 5.82 Å². The van der Waals surface area contributed by atoms with E-state index in [2.05, 4.69) is 14.7 Å². The standard InChI is InChI=1S/C11H20N4O3S/c1-3-9-13-6-10(14-9)19(16,17)15-11-7(12)5-8(11)18-4-2/h6-8,11,15H,3-5,12H2,1-2H3,(H,13,14). The number of hydrogen-bond donors (Lipinski definition) is 3. The Balaban J connectivity index is 2.08. The van der Waals surface area contributed by atoms with Gasteiger partial charge in [0.25, 0.3) is 10.0 Å². The molecule has 108 valence electrons. The molecule has 0 radical (unpaired) electrons. The molecule has 1 saturated carbocycles. The van der Waals surface area contributed by atoms with E-state index in [0.29, 0.717) is 25.3 Å². The Morgan fingerprint density at radius 1 is 1.58 bits per heavy atom. The lowest BCUT2D eigenvalue weighted by Crippen LogP contribution is -2.64. The van der Waals surface area contributed by atoms with E-state index in [1.54, 1.807) is 0 Å². The number of aromatic amines is 1. The van der Waals surface area contributed by atoms with Crippen LogP contribution in [0.5, 0.6) is 0 Å². The maximum Gasteiger partial charge on any atom is 0.258 e. The van der Waals surface area contributed by atoms with Gasteiger partial charge in [-0.2, -0.15) is 0 Å². The number of imidazole rings is 1. The van der Waals surface area contributed by atoms with Gasteiger partial charge in [-0.15, -0.1) is 0 Å². The van der Waals surface area contributed by atoms with Crippen LogP contribution in [0.3, 0.4) is 0 Å². The Labute approximate surface area is 113 Å². The molecule has 4 N–H and O–H groups in total. The third-order valence-electron chi connectivity index (χ3n) is 3.27. The zero-order chi connectivity index (χ0) is 14.0. The molecular formula is C11H20N4O3S. The highest BCUT2D eigenvalue weighted by atomic mass is 32.2. The minimum Gasteiger partial charge on any atom is -0.377 e. The van der Waals surface area contributed by atoms with Gasteiger partial charge in [-0.3, -0.25) is 0 Å². The third-order valence-corrected chi connectivity index (χ3v) is 4.64. The molecule has 1 aromatic rings. The Morgan fingerprint density at radius 2 is 2.32 bits per heavy atom. The van der Waals surface area contributed by atoms with Gasteiger partial charge in [-0.05, 0) is 13.3 Å². The molecule has 1 aliphatic carbocycles. The Kier molecular flexibility index (Phi) is 4.24. The number of rotatable bonds is 6. The maximum atomic E-state index is 12.2. The van der Waals surface area contributed by atoms with Gasteiger partial charge in [0, 0.05) is 19.1 Å². The van der Waals surface area contributed by atoms with Crippen LogP contribution in [0.2, 0.25) is 0 Å².